The van der Waals surface area contributed by atoms with Gasteiger partial charge in [-0.15, -0.1) is 0 Å². The number of rotatable bonds is 7. The molecule has 3 heteroatoms. The summed E-state index contributed by atoms with van der Waals surface area (Å²) in [5, 5.41) is 7.24. The Labute approximate surface area is 116 Å². The van der Waals surface area contributed by atoms with Gasteiger partial charge in [-0.05, 0) is 50.9 Å². The van der Waals surface area contributed by atoms with Crippen molar-refractivity contribution < 1.29 is 4.74 Å². The van der Waals surface area contributed by atoms with Crippen molar-refractivity contribution >= 4 is 0 Å². The molecule has 0 atom stereocenters. The van der Waals surface area contributed by atoms with E-state index in [0.29, 0.717) is 0 Å². The Hall–Kier alpha value is -0.900. The Morgan fingerprint density at radius 3 is 2.63 bits per heavy atom. The highest BCUT2D eigenvalue weighted by Crippen LogP contribution is 2.22. The van der Waals surface area contributed by atoms with Crippen LogP contribution in [-0.4, -0.2) is 38.9 Å². The Morgan fingerprint density at radius 1 is 1.21 bits per heavy atom. The number of benzene rings is 1. The van der Waals surface area contributed by atoms with Crippen molar-refractivity contribution in [2.24, 2.45) is 0 Å². The predicted octanol–water partition coefficient (Wildman–Crippen LogP) is 1.98. The van der Waals surface area contributed by atoms with Crippen LogP contribution < -0.4 is 10.6 Å². The van der Waals surface area contributed by atoms with E-state index in [1.165, 1.54) is 18.4 Å². The fraction of sp³-hybridized carbons (Fsp3) is 0.625. The predicted molar refractivity (Wildman–Crippen MR) is 79.5 cm³/mol. The van der Waals surface area contributed by atoms with Gasteiger partial charge in [-0.25, -0.2) is 0 Å². The molecule has 106 valence electrons. The third kappa shape index (κ3) is 4.60. The molecule has 1 aliphatic rings. The van der Waals surface area contributed by atoms with Crippen LogP contribution in [0.1, 0.15) is 24.8 Å². The van der Waals surface area contributed by atoms with Crippen molar-refractivity contribution in [2.75, 3.05) is 33.4 Å². The van der Waals surface area contributed by atoms with Crippen LogP contribution in [0.2, 0.25) is 0 Å². The first kappa shape index (κ1) is 14.5. The van der Waals surface area contributed by atoms with Gasteiger partial charge in [0.25, 0.3) is 0 Å². The van der Waals surface area contributed by atoms with Crippen molar-refractivity contribution in [3.05, 3.63) is 35.9 Å². The molecule has 1 aromatic carbocycles. The molecule has 0 unspecified atom stereocenters. The fourth-order valence-corrected chi connectivity index (χ4v) is 2.83. The molecule has 0 bridgehead atoms. The molecule has 0 aliphatic carbocycles. The van der Waals surface area contributed by atoms with Gasteiger partial charge in [0.15, 0.2) is 0 Å². The second kappa shape index (κ2) is 7.63. The van der Waals surface area contributed by atoms with Crippen LogP contribution in [-0.2, 0) is 11.2 Å². The van der Waals surface area contributed by atoms with Gasteiger partial charge in [-0.1, -0.05) is 30.3 Å². The van der Waals surface area contributed by atoms with Crippen molar-refractivity contribution in [2.45, 2.75) is 31.2 Å². The normalized spacial score (nSPS) is 18.4. The summed E-state index contributed by atoms with van der Waals surface area (Å²) in [6.45, 7) is 4.12. The van der Waals surface area contributed by atoms with Gasteiger partial charge in [0, 0.05) is 19.3 Å². The van der Waals surface area contributed by atoms with Crippen LogP contribution in [0, 0.1) is 0 Å². The summed E-state index contributed by atoms with van der Waals surface area (Å²) < 4.78 is 5.27. The SMILES string of the molecule is COCCC1(NCCc2ccccc2)CCNCC1. The minimum atomic E-state index is 0.274. The van der Waals surface area contributed by atoms with Crippen LogP contribution in [0.15, 0.2) is 30.3 Å². The summed E-state index contributed by atoms with van der Waals surface area (Å²) in [5.41, 5.74) is 1.68. The molecule has 2 rings (SSSR count). The lowest BCUT2D eigenvalue weighted by Crippen LogP contribution is -2.53. The summed E-state index contributed by atoms with van der Waals surface area (Å²) >= 11 is 0. The Morgan fingerprint density at radius 2 is 1.95 bits per heavy atom. The van der Waals surface area contributed by atoms with E-state index in [1.54, 1.807) is 7.11 Å². The van der Waals surface area contributed by atoms with Crippen LogP contribution in [0.5, 0.6) is 0 Å². The molecule has 0 spiro atoms. The summed E-state index contributed by atoms with van der Waals surface area (Å²) in [6.07, 6.45) is 4.61. The van der Waals surface area contributed by atoms with E-state index in [4.69, 9.17) is 4.74 Å². The Kier molecular flexibility index (Phi) is 5.83. The van der Waals surface area contributed by atoms with E-state index < -0.39 is 0 Å². The summed E-state index contributed by atoms with van der Waals surface area (Å²) in [6, 6.07) is 10.7. The Balaban J connectivity index is 1.82. The van der Waals surface area contributed by atoms with Crippen molar-refractivity contribution in [3.8, 4) is 0 Å². The molecule has 2 N–H and O–H groups in total. The molecule has 0 amide bonds. The lowest BCUT2D eigenvalue weighted by molar-refractivity contribution is 0.134. The molecule has 1 aromatic rings. The van der Waals surface area contributed by atoms with Crippen molar-refractivity contribution in [1.29, 1.82) is 0 Å². The second-order valence-electron chi connectivity index (χ2n) is 5.44. The maximum atomic E-state index is 5.27. The van der Waals surface area contributed by atoms with E-state index in [1.807, 2.05) is 0 Å². The fourth-order valence-electron chi connectivity index (χ4n) is 2.83. The highest BCUT2D eigenvalue weighted by molar-refractivity contribution is 5.15. The molecule has 1 aliphatic heterocycles. The second-order valence-corrected chi connectivity index (χ2v) is 5.44. The topological polar surface area (TPSA) is 33.3 Å². The smallest absolute Gasteiger partial charge is 0.0479 e. The minimum Gasteiger partial charge on any atom is -0.385 e. The number of piperidine rings is 1. The largest absolute Gasteiger partial charge is 0.385 e. The third-order valence-electron chi connectivity index (χ3n) is 4.10. The molecule has 1 heterocycles. The maximum absolute atomic E-state index is 5.27. The summed E-state index contributed by atoms with van der Waals surface area (Å²) in [4.78, 5) is 0. The zero-order valence-electron chi connectivity index (χ0n) is 12.0. The van der Waals surface area contributed by atoms with Crippen molar-refractivity contribution in [3.63, 3.8) is 0 Å². The van der Waals surface area contributed by atoms with Gasteiger partial charge < -0.3 is 15.4 Å². The monoisotopic (exact) mass is 262 g/mol. The average Bonchev–Trinajstić information content (AvgIpc) is 2.47. The van der Waals surface area contributed by atoms with Gasteiger partial charge in [0.1, 0.15) is 0 Å². The first-order valence-electron chi connectivity index (χ1n) is 7.33. The zero-order valence-corrected chi connectivity index (χ0v) is 12.0. The zero-order chi connectivity index (χ0) is 13.4. The molecule has 0 saturated carbocycles. The first-order chi connectivity index (χ1) is 9.35. The van der Waals surface area contributed by atoms with E-state index in [-0.39, 0.29) is 5.54 Å². The molecule has 1 fully saturated rings. The molecule has 1 saturated heterocycles. The number of methoxy groups -OCH3 is 1. The van der Waals surface area contributed by atoms with Gasteiger partial charge >= 0.3 is 0 Å². The quantitative estimate of drug-likeness (QED) is 0.788. The highest BCUT2D eigenvalue weighted by Gasteiger charge is 2.30. The summed E-state index contributed by atoms with van der Waals surface area (Å²) in [5.74, 6) is 0. The third-order valence-corrected chi connectivity index (χ3v) is 4.10. The minimum absolute atomic E-state index is 0.274. The van der Waals surface area contributed by atoms with Gasteiger partial charge in [-0.3, -0.25) is 0 Å². The lowest BCUT2D eigenvalue weighted by atomic mass is 9.85. The standard InChI is InChI=1S/C16H26N2O/c1-19-14-10-16(8-12-17-13-9-16)18-11-7-15-5-3-2-4-6-15/h2-6,17-18H,7-14H2,1H3. The molecular formula is C16H26N2O. The Bertz CT molecular complexity index is 347. The van der Waals surface area contributed by atoms with Gasteiger partial charge in [-0.2, -0.15) is 0 Å². The molecule has 0 aromatic heterocycles. The number of hydrogen-bond donors (Lipinski definition) is 2. The average molecular weight is 262 g/mol. The maximum Gasteiger partial charge on any atom is 0.0479 e. The summed E-state index contributed by atoms with van der Waals surface area (Å²) in [7, 11) is 1.79. The number of nitrogens with one attached hydrogen (secondary N) is 2. The first-order valence-corrected chi connectivity index (χ1v) is 7.33. The molecule has 0 radical (unpaired) electrons. The van der Waals surface area contributed by atoms with Gasteiger partial charge in [0.05, 0.1) is 0 Å². The lowest BCUT2D eigenvalue weighted by Gasteiger charge is -2.39. The van der Waals surface area contributed by atoms with E-state index >= 15 is 0 Å². The number of ether oxygens (including phenoxy) is 1. The van der Waals surface area contributed by atoms with Gasteiger partial charge in [0.2, 0.25) is 0 Å². The van der Waals surface area contributed by atoms with Crippen LogP contribution in [0.25, 0.3) is 0 Å². The van der Waals surface area contributed by atoms with E-state index in [0.717, 1.165) is 39.1 Å². The van der Waals surface area contributed by atoms with Crippen LogP contribution in [0.3, 0.4) is 0 Å². The van der Waals surface area contributed by atoms with Crippen LogP contribution >= 0.6 is 0 Å². The molecule has 3 nitrogen and oxygen atoms in total. The number of hydrogen-bond acceptors (Lipinski definition) is 3. The highest BCUT2D eigenvalue weighted by atomic mass is 16.5. The van der Waals surface area contributed by atoms with Crippen LogP contribution in [0.4, 0.5) is 0 Å². The van der Waals surface area contributed by atoms with E-state index in [2.05, 4.69) is 41.0 Å². The van der Waals surface area contributed by atoms with E-state index in [9.17, 15) is 0 Å². The molecular weight excluding hydrogens is 236 g/mol. The molecule has 19 heavy (non-hydrogen) atoms. The van der Waals surface area contributed by atoms with Crippen molar-refractivity contribution in [1.82, 2.24) is 10.6 Å².